The first-order valence-corrected chi connectivity index (χ1v) is 8.51. The Morgan fingerprint density at radius 2 is 2.00 bits per heavy atom. The maximum atomic E-state index is 13.7. The predicted molar refractivity (Wildman–Crippen MR) is 86.7 cm³/mol. The molecule has 2 fully saturated rings. The second kappa shape index (κ2) is 6.97. The van der Waals surface area contributed by atoms with Crippen LogP contribution in [0.25, 0.3) is 0 Å². The van der Waals surface area contributed by atoms with E-state index in [9.17, 15) is 14.3 Å². The molecule has 1 aromatic rings. The first kappa shape index (κ1) is 16.4. The number of carbonyl (C=O) groups is 1. The first-order valence-electron chi connectivity index (χ1n) is 8.51. The van der Waals surface area contributed by atoms with Crippen LogP contribution in [0.5, 0.6) is 0 Å². The standard InChI is InChI=1S/C18H25FN2O2/c1-11-15(3-2-4-16(11)19)18(23)21-17(13-9-14(22)10-13)12-5-7-20-8-6-12/h2-4,12-14,17,20,22H,5-10H2,1H3,(H,21,23). The Labute approximate surface area is 136 Å². The Balaban J connectivity index is 1.74. The second-order valence-corrected chi connectivity index (χ2v) is 6.88. The molecule has 1 amide bonds. The van der Waals surface area contributed by atoms with Crippen molar-refractivity contribution < 1.29 is 14.3 Å². The van der Waals surface area contributed by atoms with Crippen LogP contribution in [0.4, 0.5) is 4.39 Å². The zero-order valence-electron chi connectivity index (χ0n) is 13.5. The molecule has 1 saturated carbocycles. The number of rotatable bonds is 4. The van der Waals surface area contributed by atoms with Crippen LogP contribution < -0.4 is 10.6 Å². The minimum atomic E-state index is -0.352. The number of carbonyl (C=O) groups excluding carboxylic acids is 1. The summed E-state index contributed by atoms with van der Waals surface area (Å²) >= 11 is 0. The molecule has 23 heavy (non-hydrogen) atoms. The fourth-order valence-corrected chi connectivity index (χ4v) is 3.83. The molecular weight excluding hydrogens is 295 g/mol. The molecule has 1 aliphatic carbocycles. The van der Waals surface area contributed by atoms with Crippen molar-refractivity contribution >= 4 is 5.91 Å². The van der Waals surface area contributed by atoms with Gasteiger partial charge in [0.05, 0.1) is 6.10 Å². The molecule has 2 aliphatic rings. The van der Waals surface area contributed by atoms with E-state index in [0.717, 1.165) is 38.8 Å². The van der Waals surface area contributed by atoms with Crippen molar-refractivity contribution in [3.05, 3.63) is 35.1 Å². The first-order chi connectivity index (χ1) is 11.1. The zero-order chi connectivity index (χ0) is 16.4. The zero-order valence-corrected chi connectivity index (χ0v) is 13.5. The number of aliphatic hydroxyl groups excluding tert-OH is 1. The lowest BCUT2D eigenvalue weighted by molar-refractivity contribution is 0.00917. The Bertz CT molecular complexity index is 566. The lowest BCUT2D eigenvalue weighted by atomic mass is 9.71. The highest BCUT2D eigenvalue weighted by Gasteiger charge is 2.39. The summed E-state index contributed by atoms with van der Waals surface area (Å²) in [5.41, 5.74) is 0.798. The summed E-state index contributed by atoms with van der Waals surface area (Å²) < 4.78 is 13.7. The molecule has 3 rings (SSSR count). The van der Waals surface area contributed by atoms with Gasteiger partial charge in [-0.2, -0.15) is 0 Å². The van der Waals surface area contributed by atoms with Crippen LogP contribution in [0, 0.1) is 24.6 Å². The molecule has 0 bridgehead atoms. The molecular formula is C18H25FN2O2. The third-order valence-corrected chi connectivity index (χ3v) is 5.36. The highest BCUT2D eigenvalue weighted by atomic mass is 19.1. The van der Waals surface area contributed by atoms with E-state index in [1.807, 2.05) is 0 Å². The molecule has 4 nitrogen and oxygen atoms in total. The minimum Gasteiger partial charge on any atom is -0.393 e. The van der Waals surface area contributed by atoms with Gasteiger partial charge in [-0.25, -0.2) is 4.39 Å². The number of hydrogen-bond donors (Lipinski definition) is 3. The summed E-state index contributed by atoms with van der Waals surface area (Å²) in [5, 5.41) is 16.1. The van der Waals surface area contributed by atoms with Gasteiger partial charge in [0.25, 0.3) is 5.91 Å². The van der Waals surface area contributed by atoms with Gasteiger partial charge in [0, 0.05) is 11.6 Å². The van der Waals surface area contributed by atoms with E-state index in [0.29, 0.717) is 23.0 Å². The quantitative estimate of drug-likeness (QED) is 0.795. The van der Waals surface area contributed by atoms with Crippen LogP contribution >= 0.6 is 0 Å². The summed E-state index contributed by atoms with van der Waals surface area (Å²) in [5.74, 6) is 0.194. The summed E-state index contributed by atoms with van der Waals surface area (Å²) in [6, 6.07) is 4.68. The van der Waals surface area contributed by atoms with Crippen LogP contribution in [0.15, 0.2) is 18.2 Å². The maximum absolute atomic E-state index is 13.7. The van der Waals surface area contributed by atoms with Crippen LogP contribution in [0.3, 0.4) is 0 Å². The van der Waals surface area contributed by atoms with Crippen LogP contribution in [-0.2, 0) is 0 Å². The lowest BCUT2D eigenvalue weighted by Crippen LogP contribution is -2.53. The summed E-state index contributed by atoms with van der Waals surface area (Å²) in [7, 11) is 0. The average molecular weight is 320 g/mol. The van der Waals surface area contributed by atoms with E-state index >= 15 is 0 Å². The van der Waals surface area contributed by atoms with Crippen molar-refractivity contribution in [1.29, 1.82) is 0 Å². The second-order valence-electron chi connectivity index (χ2n) is 6.88. The van der Waals surface area contributed by atoms with Gasteiger partial charge >= 0.3 is 0 Å². The topological polar surface area (TPSA) is 61.4 Å². The number of nitrogens with one attached hydrogen (secondary N) is 2. The van der Waals surface area contributed by atoms with Gasteiger partial charge in [-0.15, -0.1) is 0 Å². The number of amides is 1. The van der Waals surface area contributed by atoms with E-state index in [1.54, 1.807) is 19.1 Å². The molecule has 0 spiro atoms. The van der Waals surface area contributed by atoms with Gasteiger partial charge in [0.15, 0.2) is 0 Å². The Morgan fingerprint density at radius 1 is 1.30 bits per heavy atom. The highest BCUT2D eigenvalue weighted by Crippen LogP contribution is 2.36. The van der Waals surface area contributed by atoms with Crippen molar-refractivity contribution in [2.75, 3.05) is 13.1 Å². The molecule has 1 aliphatic heterocycles. The fraction of sp³-hybridized carbons (Fsp3) is 0.611. The SMILES string of the molecule is Cc1c(F)cccc1C(=O)NC(C1CCNCC1)C1CC(O)C1. The summed E-state index contributed by atoms with van der Waals surface area (Å²) in [4.78, 5) is 12.6. The van der Waals surface area contributed by atoms with Crippen molar-refractivity contribution in [1.82, 2.24) is 10.6 Å². The summed E-state index contributed by atoms with van der Waals surface area (Å²) in [6.07, 6.45) is 3.31. The average Bonchev–Trinajstić information content (AvgIpc) is 2.53. The largest absolute Gasteiger partial charge is 0.393 e. The molecule has 126 valence electrons. The van der Waals surface area contributed by atoms with Crippen molar-refractivity contribution in [2.45, 2.75) is 44.8 Å². The lowest BCUT2D eigenvalue weighted by Gasteiger charge is -2.43. The molecule has 1 saturated heterocycles. The number of hydrogen-bond acceptors (Lipinski definition) is 3. The van der Waals surface area contributed by atoms with Gasteiger partial charge in [-0.1, -0.05) is 6.07 Å². The molecule has 0 radical (unpaired) electrons. The third kappa shape index (κ3) is 3.56. The van der Waals surface area contributed by atoms with Gasteiger partial charge in [0.2, 0.25) is 0 Å². The normalized spacial score (nSPS) is 26.4. The number of aliphatic hydroxyl groups is 1. The Kier molecular flexibility index (Phi) is 4.97. The van der Waals surface area contributed by atoms with Crippen molar-refractivity contribution in [2.24, 2.45) is 11.8 Å². The molecule has 5 heteroatoms. The van der Waals surface area contributed by atoms with Crippen LogP contribution in [0.2, 0.25) is 0 Å². The van der Waals surface area contributed by atoms with Gasteiger partial charge in [0.1, 0.15) is 5.82 Å². The van der Waals surface area contributed by atoms with Gasteiger partial charge in [-0.3, -0.25) is 4.79 Å². The molecule has 3 N–H and O–H groups in total. The molecule has 0 aromatic heterocycles. The molecule has 1 aromatic carbocycles. The van der Waals surface area contributed by atoms with E-state index in [-0.39, 0.29) is 23.9 Å². The predicted octanol–water partition coefficient (Wildman–Crippen LogP) is 2.00. The number of benzene rings is 1. The number of piperidine rings is 1. The van der Waals surface area contributed by atoms with Crippen LogP contribution in [0.1, 0.15) is 41.6 Å². The van der Waals surface area contributed by atoms with Crippen molar-refractivity contribution in [3.8, 4) is 0 Å². The Hall–Kier alpha value is -1.46. The van der Waals surface area contributed by atoms with Gasteiger partial charge in [-0.05, 0) is 75.2 Å². The number of halogens is 1. The van der Waals surface area contributed by atoms with Crippen molar-refractivity contribution in [3.63, 3.8) is 0 Å². The van der Waals surface area contributed by atoms with E-state index < -0.39 is 0 Å². The fourth-order valence-electron chi connectivity index (χ4n) is 3.83. The molecule has 1 atom stereocenters. The maximum Gasteiger partial charge on any atom is 0.251 e. The Morgan fingerprint density at radius 3 is 2.65 bits per heavy atom. The molecule has 1 unspecified atom stereocenters. The van der Waals surface area contributed by atoms with Crippen LogP contribution in [-0.4, -0.2) is 36.2 Å². The molecule has 1 heterocycles. The van der Waals surface area contributed by atoms with E-state index in [4.69, 9.17) is 0 Å². The minimum absolute atomic E-state index is 0.0654. The van der Waals surface area contributed by atoms with E-state index in [1.165, 1.54) is 6.07 Å². The highest BCUT2D eigenvalue weighted by molar-refractivity contribution is 5.95. The van der Waals surface area contributed by atoms with E-state index in [2.05, 4.69) is 10.6 Å². The smallest absolute Gasteiger partial charge is 0.251 e. The summed E-state index contributed by atoms with van der Waals surface area (Å²) in [6.45, 7) is 3.56. The third-order valence-electron chi connectivity index (χ3n) is 5.36. The van der Waals surface area contributed by atoms with Gasteiger partial charge < -0.3 is 15.7 Å². The monoisotopic (exact) mass is 320 g/mol.